The number of hydrogen-bond acceptors (Lipinski definition) is 7. The summed E-state index contributed by atoms with van der Waals surface area (Å²) in [4.78, 5) is 29.8. The third-order valence-corrected chi connectivity index (χ3v) is 3.90. The molecule has 0 atom stereocenters. The zero-order valence-electron chi connectivity index (χ0n) is 13.4. The molecule has 6 nitrogen and oxygen atoms in total. The van der Waals surface area contributed by atoms with Crippen LogP contribution < -0.4 is 5.32 Å². The van der Waals surface area contributed by atoms with Gasteiger partial charge in [0, 0.05) is 20.0 Å². The quantitative estimate of drug-likeness (QED) is 0.614. The first kappa shape index (κ1) is 17.6. The molecule has 0 saturated heterocycles. The van der Waals surface area contributed by atoms with Crippen molar-refractivity contribution in [2.75, 3.05) is 39.6 Å². The van der Waals surface area contributed by atoms with E-state index in [1.165, 1.54) is 25.4 Å². The molecule has 1 rings (SSSR count). The number of rotatable bonds is 7. The van der Waals surface area contributed by atoms with Crippen LogP contribution in [0.15, 0.2) is 0 Å². The number of ketones is 1. The van der Waals surface area contributed by atoms with Crippen molar-refractivity contribution in [2.45, 2.75) is 20.8 Å². The number of carbonyl (C=O) groups is 2. The van der Waals surface area contributed by atoms with Crippen molar-refractivity contribution < 1.29 is 14.3 Å². The Morgan fingerprint density at radius 1 is 1.38 bits per heavy atom. The van der Waals surface area contributed by atoms with Crippen LogP contribution in [0.25, 0.3) is 0 Å². The number of ether oxygens (including phenoxy) is 1. The molecule has 0 aromatic carbocycles. The number of carbonyl (C=O) groups excluding carboxylic acids is 2. The average molecular weight is 313 g/mol. The normalized spacial score (nSPS) is 11.6. The lowest BCUT2D eigenvalue weighted by molar-refractivity contribution is 0.0591. The van der Waals surface area contributed by atoms with E-state index in [0.717, 1.165) is 6.54 Å². The second-order valence-electron chi connectivity index (χ2n) is 6.00. The highest BCUT2D eigenvalue weighted by atomic mass is 32.1. The molecular formula is C14H23N3O3S. The lowest BCUT2D eigenvalue weighted by Crippen LogP contribution is -2.34. The van der Waals surface area contributed by atoms with Gasteiger partial charge in [0.05, 0.1) is 7.11 Å². The van der Waals surface area contributed by atoms with E-state index in [-0.39, 0.29) is 16.9 Å². The predicted molar refractivity (Wildman–Crippen MR) is 84.3 cm³/mol. The van der Waals surface area contributed by atoms with Crippen LogP contribution >= 0.6 is 11.3 Å². The lowest BCUT2D eigenvalue weighted by atomic mass is 9.93. The second kappa shape index (κ2) is 7.00. The summed E-state index contributed by atoms with van der Waals surface area (Å²) in [6.07, 6.45) is 0. The molecule has 0 saturated carbocycles. The maximum absolute atomic E-state index is 11.6. The van der Waals surface area contributed by atoms with Crippen LogP contribution in [0.5, 0.6) is 0 Å². The second-order valence-corrected chi connectivity index (χ2v) is 7.00. The summed E-state index contributed by atoms with van der Waals surface area (Å²) in [6.45, 7) is 7.30. The molecule has 0 aliphatic heterocycles. The van der Waals surface area contributed by atoms with Gasteiger partial charge < -0.3 is 15.0 Å². The smallest absolute Gasteiger partial charge is 0.358 e. The van der Waals surface area contributed by atoms with Crippen LogP contribution in [-0.2, 0) is 4.74 Å². The standard InChI is InChI=1S/C14H23N3O3S/c1-9(18)11-10(12(19)20-6)16-13(21-11)15-7-14(2,3)8-17(4)5/h7-8H2,1-6H3,(H,15,16). The largest absolute Gasteiger partial charge is 0.464 e. The summed E-state index contributed by atoms with van der Waals surface area (Å²) < 4.78 is 4.66. The first-order valence-corrected chi connectivity index (χ1v) is 7.46. The summed E-state index contributed by atoms with van der Waals surface area (Å²) in [5.74, 6) is -0.773. The minimum absolute atomic E-state index is 0.0387. The molecular weight excluding hydrogens is 290 g/mol. The van der Waals surface area contributed by atoms with Crippen LogP contribution in [0.4, 0.5) is 5.13 Å². The van der Waals surface area contributed by atoms with Crippen LogP contribution in [0.1, 0.15) is 40.9 Å². The van der Waals surface area contributed by atoms with Crippen molar-refractivity contribution in [2.24, 2.45) is 5.41 Å². The number of methoxy groups -OCH3 is 1. The number of aromatic nitrogens is 1. The molecule has 1 heterocycles. The molecule has 1 aromatic rings. The molecule has 21 heavy (non-hydrogen) atoms. The highest BCUT2D eigenvalue weighted by molar-refractivity contribution is 7.17. The Morgan fingerprint density at radius 3 is 2.48 bits per heavy atom. The van der Waals surface area contributed by atoms with Crippen molar-refractivity contribution in [3.05, 3.63) is 10.6 Å². The van der Waals surface area contributed by atoms with E-state index in [1.807, 2.05) is 14.1 Å². The van der Waals surface area contributed by atoms with Crippen LogP contribution in [0.2, 0.25) is 0 Å². The Kier molecular flexibility index (Phi) is 5.86. The van der Waals surface area contributed by atoms with Crippen molar-refractivity contribution in [3.63, 3.8) is 0 Å². The zero-order chi connectivity index (χ0) is 16.2. The molecule has 0 aliphatic rings. The minimum Gasteiger partial charge on any atom is -0.464 e. The average Bonchev–Trinajstić information content (AvgIpc) is 2.78. The van der Waals surface area contributed by atoms with Crippen molar-refractivity contribution in [1.29, 1.82) is 0 Å². The monoisotopic (exact) mass is 313 g/mol. The molecule has 0 radical (unpaired) electrons. The zero-order valence-corrected chi connectivity index (χ0v) is 14.3. The minimum atomic E-state index is -0.586. The van der Waals surface area contributed by atoms with E-state index >= 15 is 0 Å². The van der Waals surface area contributed by atoms with Crippen LogP contribution in [0.3, 0.4) is 0 Å². The van der Waals surface area contributed by atoms with E-state index in [4.69, 9.17) is 0 Å². The number of nitrogens with zero attached hydrogens (tertiary/aromatic N) is 2. The van der Waals surface area contributed by atoms with Gasteiger partial charge in [-0.25, -0.2) is 9.78 Å². The van der Waals surface area contributed by atoms with E-state index < -0.39 is 5.97 Å². The Morgan fingerprint density at radius 2 is 2.00 bits per heavy atom. The maximum Gasteiger partial charge on any atom is 0.358 e. The topological polar surface area (TPSA) is 71.5 Å². The van der Waals surface area contributed by atoms with Crippen LogP contribution in [0, 0.1) is 5.41 Å². The van der Waals surface area contributed by atoms with Gasteiger partial charge in [-0.15, -0.1) is 0 Å². The summed E-state index contributed by atoms with van der Waals surface area (Å²) in [5, 5.41) is 3.77. The highest BCUT2D eigenvalue weighted by Crippen LogP contribution is 2.26. The first-order valence-electron chi connectivity index (χ1n) is 6.65. The van der Waals surface area contributed by atoms with E-state index in [0.29, 0.717) is 16.6 Å². The Labute approximate surface area is 129 Å². The molecule has 7 heteroatoms. The van der Waals surface area contributed by atoms with Gasteiger partial charge >= 0.3 is 5.97 Å². The third kappa shape index (κ3) is 5.09. The van der Waals surface area contributed by atoms with Gasteiger partial charge in [-0.2, -0.15) is 0 Å². The molecule has 1 N–H and O–H groups in total. The number of anilines is 1. The Bertz CT molecular complexity index is 524. The number of esters is 1. The fraction of sp³-hybridized carbons (Fsp3) is 0.643. The van der Waals surface area contributed by atoms with Crippen molar-refractivity contribution in [1.82, 2.24) is 9.88 Å². The van der Waals surface area contributed by atoms with Gasteiger partial charge in [-0.1, -0.05) is 25.2 Å². The van der Waals surface area contributed by atoms with Gasteiger partial charge in [0.15, 0.2) is 16.6 Å². The first-order chi connectivity index (χ1) is 9.66. The summed E-state index contributed by atoms with van der Waals surface area (Å²) in [7, 11) is 5.32. The van der Waals surface area contributed by atoms with Crippen molar-refractivity contribution >= 4 is 28.2 Å². The van der Waals surface area contributed by atoms with Crippen LogP contribution in [-0.4, -0.2) is 55.9 Å². The molecule has 0 fully saturated rings. The van der Waals surface area contributed by atoms with E-state index in [9.17, 15) is 9.59 Å². The summed E-state index contributed by atoms with van der Waals surface area (Å²) in [5.41, 5.74) is 0.125. The Balaban J connectivity index is 2.86. The number of thiazole rings is 1. The SMILES string of the molecule is COC(=O)c1nc(NCC(C)(C)CN(C)C)sc1C(C)=O. The van der Waals surface area contributed by atoms with E-state index in [2.05, 4.69) is 33.8 Å². The molecule has 0 bridgehead atoms. The third-order valence-electron chi connectivity index (χ3n) is 2.79. The Hall–Kier alpha value is -1.47. The van der Waals surface area contributed by atoms with E-state index in [1.54, 1.807) is 0 Å². The van der Waals surface area contributed by atoms with Gasteiger partial charge in [0.2, 0.25) is 0 Å². The van der Waals surface area contributed by atoms with Gasteiger partial charge in [0.25, 0.3) is 0 Å². The maximum atomic E-state index is 11.6. The number of nitrogens with one attached hydrogen (secondary N) is 1. The molecule has 0 amide bonds. The van der Waals surface area contributed by atoms with Crippen molar-refractivity contribution in [3.8, 4) is 0 Å². The van der Waals surface area contributed by atoms with Gasteiger partial charge in [0.1, 0.15) is 4.88 Å². The highest BCUT2D eigenvalue weighted by Gasteiger charge is 2.24. The molecule has 1 aromatic heterocycles. The molecule has 0 aliphatic carbocycles. The summed E-state index contributed by atoms with van der Waals surface area (Å²) in [6, 6.07) is 0. The number of hydrogen-bond donors (Lipinski definition) is 1. The van der Waals surface area contributed by atoms with Gasteiger partial charge in [-0.05, 0) is 19.5 Å². The summed E-state index contributed by atoms with van der Waals surface area (Å²) >= 11 is 1.18. The molecule has 0 spiro atoms. The predicted octanol–water partition coefficient (Wildman–Crippen LogP) is 2.13. The number of Topliss-reactive ketones (excluding diaryl/α,β-unsaturated/α-hetero) is 1. The molecule has 0 unspecified atom stereocenters. The fourth-order valence-corrected chi connectivity index (χ4v) is 2.94. The van der Waals surface area contributed by atoms with Gasteiger partial charge in [-0.3, -0.25) is 4.79 Å². The lowest BCUT2D eigenvalue weighted by Gasteiger charge is -2.28. The fourth-order valence-electron chi connectivity index (χ4n) is 2.10. The molecule has 118 valence electrons.